The highest BCUT2D eigenvalue weighted by Crippen LogP contribution is 2.30. The lowest BCUT2D eigenvalue weighted by atomic mass is 10.1. The van der Waals surface area contributed by atoms with Crippen molar-refractivity contribution in [2.45, 2.75) is 13.0 Å². The fourth-order valence-corrected chi connectivity index (χ4v) is 1.17. The van der Waals surface area contributed by atoms with Gasteiger partial charge < -0.3 is 14.6 Å². The van der Waals surface area contributed by atoms with Gasteiger partial charge in [0.25, 0.3) is 0 Å². The molecule has 4 nitrogen and oxygen atoms in total. The number of nitrogens with zero attached hydrogens (tertiary/aromatic N) is 1. The van der Waals surface area contributed by atoms with Gasteiger partial charge in [-0.15, -0.1) is 0 Å². The van der Waals surface area contributed by atoms with Crippen LogP contribution in [0.4, 0.5) is 0 Å². The molecule has 0 saturated carbocycles. The molecule has 0 aromatic heterocycles. The molecule has 0 saturated heterocycles. The lowest BCUT2D eigenvalue weighted by molar-refractivity contribution is 0.198. The molecule has 1 rings (SSSR count). The predicted molar refractivity (Wildman–Crippen MR) is 54.7 cm³/mol. The summed E-state index contributed by atoms with van der Waals surface area (Å²) in [6, 6.07) is 6.98. The molecule has 0 aliphatic rings. The minimum Gasteiger partial charge on any atom is -0.493 e. The molecule has 1 N–H and O–H groups in total. The summed E-state index contributed by atoms with van der Waals surface area (Å²) in [4.78, 5) is 0. The van der Waals surface area contributed by atoms with Crippen molar-refractivity contribution in [3.05, 3.63) is 23.8 Å². The zero-order valence-corrected chi connectivity index (χ0v) is 8.73. The molecule has 0 amide bonds. The molecule has 0 radical (unpaired) electrons. The molecule has 1 aromatic rings. The molecule has 0 aliphatic carbocycles. The summed E-state index contributed by atoms with van der Waals surface area (Å²) < 4.78 is 10.2. The summed E-state index contributed by atoms with van der Waals surface area (Å²) >= 11 is 0. The molecule has 80 valence electrons. The summed E-state index contributed by atoms with van der Waals surface area (Å²) in [7, 11) is 1.51. The van der Waals surface area contributed by atoms with Crippen molar-refractivity contribution in [3.8, 4) is 17.6 Å². The Bertz CT molecular complexity index is 369. The van der Waals surface area contributed by atoms with E-state index in [9.17, 15) is 5.11 Å². The number of aliphatic hydroxyl groups is 1. The van der Waals surface area contributed by atoms with Crippen molar-refractivity contribution in [2.75, 3.05) is 13.7 Å². The van der Waals surface area contributed by atoms with E-state index in [1.807, 2.05) is 6.07 Å². The van der Waals surface area contributed by atoms with E-state index in [0.29, 0.717) is 11.5 Å². The predicted octanol–water partition coefficient (Wildman–Crippen LogP) is 1.65. The van der Waals surface area contributed by atoms with Crippen LogP contribution in [-0.4, -0.2) is 18.8 Å². The van der Waals surface area contributed by atoms with Gasteiger partial charge in [-0.1, -0.05) is 6.07 Å². The highest BCUT2D eigenvalue weighted by Gasteiger charge is 2.08. The zero-order chi connectivity index (χ0) is 11.3. The van der Waals surface area contributed by atoms with Crippen LogP contribution in [-0.2, 0) is 0 Å². The Morgan fingerprint density at radius 3 is 2.73 bits per heavy atom. The maximum absolute atomic E-state index is 9.36. The largest absolute Gasteiger partial charge is 0.493 e. The van der Waals surface area contributed by atoms with Gasteiger partial charge in [0.1, 0.15) is 6.07 Å². The van der Waals surface area contributed by atoms with Crippen LogP contribution in [0.25, 0.3) is 0 Å². The van der Waals surface area contributed by atoms with Crippen LogP contribution in [0.3, 0.4) is 0 Å². The smallest absolute Gasteiger partial charge is 0.174 e. The molecule has 0 heterocycles. The number of methoxy groups -OCH3 is 1. The molecule has 0 fully saturated rings. The van der Waals surface area contributed by atoms with E-state index in [0.717, 1.165) is 5.56 Å². The second-order valence-electron chi connectivity index (χ2n) is 3.03. The van der Waals surface area contributed by atoms with E-state index in [2.05, 4.69) is 0 Å². The third-order valence-corrected chi connectivity index (χ3v) is 1.96. The van der Waals surface area contributed by atoms with Crippen LogP contribution in [0.5, 0.6) is 11.5 Å². The number of nitriles is 1. The van der Waals surface area contributed by atoms with E-state index in [4.69, 9.17) is 14.7 Å². The van der Waals surface area contributed by atoms with Crippen molar-refractivity contribution >= 4 is 0 Å². The van der Waals surface area contributed by atoms with Crippen LogP contribution >= 0.6 is 0 Å². The standard InChI is InChI=1S/C11H13NO3/c1-8(13)9-3-4-10(15-6-5-12)11(7-9)14-2/h3-4,7-8,13H,6H2,1-2H3. The van der Waals surface area contributed by atoms with E-state index in [-0.39, 0.29) is 6.61 Å². The average molecular weight is 207 g/mol. The molecule has 15 heavy (non-hydrogen) atoms. The molecule has 1 unspecified atom stereocenters. The summed E-state index contributed by atoms with van der Waals surface area (Å²) in [5.74, 6) is 1.02. The van der Waals surface area contributed by atoms with Crippen LogP contribution in [0.1, 0.15) is 18.6 Å². The van der Waals surface area contributed by atoms with Crippen LogP contribution < -0.4 is 9.47 Å². The maximum Gasteiger partial charge on any atom is 0.174 e. The molecular weight excluding hydrogens is 194 g/mol. The second-order valence-corrected chi connectivity index (χ2v) is 3.03. The third kappa shape index (κ3) is 2.86. The van der Waals surface area contributed by atoms with Crippen molar-refractivity contribution in [1.82, 2.24) is 0 Å². The Balaban J connectivity index is 2.94. The van der Waals surface area contributed by atoms with Gasteiger partial charge in [-0.05, 0) is 24.6 Å². The molecule has 0 aliphatic heterocycles. The molecular formula is C11H13NO3. The lowest BCUT2D eigenvalue weighted by Gasteiger charge is -2.11. The quantitative estimate of drug-likeness (QED) is 0.815. The van der Waals surface area contributed by atoms with E-state index >= 15 is 0 Å². The number of rotatable bonds is 4. The van der Waals surface area contributed by atoms with E-state index < -0.39 is 6.10 Å². The molecule has 0 bridgehead atoms. The van der Waals surface area contributed by atoms with Crippen molar-refractivity contribution in [2.24, 2.45) is 0 Å². The first-order valence-corrected chi connectivity index (χ1v) is 4.54. The first-order chi connectivity index (χ1) is 7.19. The van der Waals surface area contributed by atoms with Crippen LogP contribution in [0.15, 0.2) is 18.2 Å². The fourth-order valence-electron chi connectivity index (χ4n) is 1.17. The summed E-state index contributed by atoms with van der Waals surface area (Å²) in [5, 5.41) is 17.7. The van der Waals surface area contributed by atoms with Gasteiger partial charge in [0.2, 0.25) is 0 Å². The van der Waals surface area contributed by atoms with Gasteiger partial charge in [-0.3, -0.25) is 0 Å². The summed E-state index contributed by atoms with van der Waals surface area (Å²) in [6.45, 7) is 1.65. The minimum absolute atomic E-state index is 0.0234. The van der Waals surface area contributed by atoms with Gasteiger partial charge in [0, 0.05) is 0 Å². The highest BCUT2D eigenvalue weighted by molar-refractivity contribution is 5.43. The van der Waals surface area contributed by atoms with Gasteiger partial charge in [0.05, 0.1) is 13.2 Å². The first-order valence-electron chi connectivity index (χ1n) is 4.54. The first kappa shape index (κ1) is 11.3. The average Bonchev–Trinajstić information content (AvgIpc) is 2.25. The number of ether oxygens (including phenoxy) is 2. The second kappa shape index (κ2) is 5.23. The molecule has 1 atom stereocenters. The number of benzene rings is 1. The highest BCUT2D eigenvalue weighted by atomic mass is 16.5. The van der Waals surface area contributed by atoms with Gasteiger partial charge >= 0.3 is 0 Å². The van der Waals surface area contributed by atoms with E-state index in [1.54, 1.807) is 25.1 Å². The molecule has 0 spiro atoms. The minimum atomic E-state index is -0.552. The van der Waals surface area contributed by atoms with Crippen LogP contribution in [0, 0.1) is 11.3 Å². The van der Waals surface area contributed by atoms with Crippen molar-refractivity contribution in [1.29, 1.82) is 5.26 Å². The fraction of sp³-hybridized carbons (Fsp3) is 0.364. The van der Waals surface area contributed by atoms with Crippen LogP contribution in [0.2, 0.25) is 0 Å². The lowest BCUT2D eigenvalue weighted by Crippen LogP contribution is -1.98. The Kier molecular flexibility index (Phi) is 3.95. The SMILES string of the molecule is COc1cc(C(C)O)ccc1OCC#N. The Labute approximate surface area is 88.7 Å². The number of hydrogen-bond donors (Lipinski definition) is 1. The third-order valence-electron chi connectivity index (χ3n) is 1.96. The normalized spacial score (nSPS) is 11.6. The zero-order valence-electron chi connectivity index (χ0n) is 8.73. The Morgan fingerprint density at radius 1 is 1.47 bits per heavy atom. The van der Waals surface area contributed by atoms with Crippen molar-refractivity contribution in [3.63, 3.8) is 0 Å². The Hall–Kier alpha value is -1.73. The van der Waals surface area contributed by atoms with Crippen molar-refractivity contribution < 1.29 is 14.6 Å². The van der Waals surface area contributed by atoms with Gasteiger partial charge in [0.15, 0.2) is 18.1 Å². The van der Waals surface area contributed by atoms with Gasteiger partial charge in [-0.25, -0.2) is 0 Å². The number of hydrogen-bond acceptors (Lipinski definition) is 4. The topological polar surface area (TPSA) is 62.5 Å². The summed E-state index contributed by atoms with van der Waals surface area (Å²) in [5.41, 5.74) is 0.746. The number of aliphatic hydroxyl groups excluding tert-OH is 1. The van der Waals surface area contributed by atoms with E-state index in [1.165, 1.54) is 7.11 Å². The summed E-state index contributed by atoms with van der Waals surface area (Å²) in [6.07, 6.45) is -0.552. The molecule has 4 heteroatoms. The Morgan fingerprint density at radius 2 is 2.20 bits per heavy atom. The monoisotopic (exact) mass is 207 g/mol. The maximum atomic E-state index is 9.36. The molecule has 1 aromatic carbocycles. The van der Waals surface area contributed by atoms with Gasteiger partial charge in [-0.2, -0.15) is 5.26 Å².